The number of nitro groups is 1. The van der Waals surface area contributed by atoms with Crippen molar-refractivity contribution in [1.82, 2.24) is 9.78 Å². The maximum absolute atomic E-state index is 10.9. The van der Waals surface area contributed by atoms with Crippen LogP contribution in [0.4, 0.5) is 5.69 Å². The standard InChI is InChI=1S/C21H22BN3O4/c1-20(2)21(3,4)29-22(28-20)19-18(15-8-6-5-7-9-15)14-24(23-19)16-10-12-17(13-11-16)25(26)27/h5-14H,1-4H3. The molecule has 1 aliphatic heterocycles. The smallest absolute Gasteiger partial charge is 0.398 e. The van der Waals surface area contributed by atoms with Crippen LogP contribution in [-0.2, 0) is 9.31 Å². The molecule has 1 saturated heterocycles. The van der Waals surface area contributed by atoms with E-state index in [-0.39, 0.29) is 5.69 Å². The SMILES string of the molecule is CC1(C)OB(c2nn(-c3ccc([N+](=O)[O-])cc3)cc2-c2ccccc2)OC1(C)C. The van der Waals surface area contributed by atoms with Crippen LogP contribution in [0.5, 0.6) is 0 Å². The minimum atomic E-state index is -0.616. The molecule has 0 spiro atoms. The highest BCUT2D eigenvalue weighted by Gasteiger charge is 2.53. The van der Waals surface area contributed by atoms with Gasteiger partial charge in [-0.25, -0.2) is 4.68 Å². The summed E-state index contributed by atoms with van der Waals surface area (Å²) in [4.78, 5) is 10.5. The zero-order chi connectivity index (χ0) is 20.8. The van der Waals surface area contributed by atoms with Gasteiger partial charge < -0.3 is 9.31 Å². The molecule has 0 unspecified atom stereocenters. The van der Waals surface area contributed by atoms with Crippen molar-refractivity contribution in [3.05, 3.63) is 70.9 Å². The molecule has 0 N–H and O–H groups in total. The highest BCUT2D eigenvalue weighted by atomic mass is 16.7. The first-order valence-electron chi connectivity index (χ1n) is 9.43. The molecule has 2 heterocycles. The summed E-state index contributed by atoms with van der Waals surface area (Å²) in [5.74, 6) is 0. The second-order valence-electron chi connectivity index (χ2n) is 8.10. The first-order valence-corrected chi connectivity index (χ1v) is 9.43. The van der Waals surface area contributed by atoms with Crippen LogP contribution in [0, 0.1) is 10.1 Å². The van der Waals surface area contributed by atoms with Crippen LogP contribution in [0.2, 0.25) is 0 Å². The highest BCUT2D eigenvalue weighted by Crippen LogP contribution is 2.37. The molecule has 0 bridgehead atoms. The lowest BCUT2D eigenvalue weighted by Gasteiger charge is -2.32. The van der Waals surface area contributed by atoms with Crippen LogP contribution < -0.4 is 5.59 Å². The zero-order valence-electron chi connectivity index (χ0n) is 16.8. The molecule has 3 aromatic rings. The van der Waals surface area contributed by atoms with E-state index >= 15 is 0 Å². The topological polar surface area (TPSA) is 79.4 Å². The van der Waals surface area contributed by atoms with E-state index in [1.807, 2.05) is 64.2 Å². The van der Waals surface area contributed by atoms with E-state index in [2.05, 4.69) is 0 Å². The lowest BCUT2D eigenvalue weighted by atomic mass is 9.80. The summed E-state index contributed by atoms with van der Waals surface area (Å²) in [6, 6.07) is 16.2. The fourth-order valence-corrected chi connectivity index (χ4v) is 3.22. The van der Waals surface area contributed by atoms with Crippen molar-refractivity contribution in [2.24, 2.45) is 0 Å². The van der Waals surface area contributed by atoms with E-state index in [1.54, 1.807) is 16.8 Å². The highest BCUT2D eigenvalue weighted by molar-refractivity contribution is 6.62. The lowest BCUT2D eigenvalue weighted by Crippen LogP contribution is -2.41. The van der Waals surface area contributed by atoms with Crippen molar-refractivity contribution >= 4 is 18.4 Å². The summed E-state index contributed by atoms with van der Waals surface area (Å²) < 4.78 is 14.2. The number of hydrogen-bond acceptors (Lipinski definition) is 5. The fraction of sp³-hybridized carbons (Fsp3) is 0.286. The molecule has 0 aliphatic carbocycles. The Morgan fingerprint density at radius 2 is 1.55 bits per heavy atom. The number of aromatic nitrogens is 2. The van der Waals surface area contributed by atoms with Crippen molar-refractivity contribution in [1.29, 1.82) is 0 Å². The van der Waals surface area contributed by atoms with Crippen molar-refractivity contribution in [3.63, 3.8) is 0 Å². The maximum atomic E-state index is 10.9. The number of non-ortho nitro benzene ring substituents is 1. The third kappa shape index (κ3) is 3.45. The number of hydrogen-bond donors (Lipinski definition) is 0. The molecule has 1 aliphatic rings. The molecule has 7 nitrogen and oxygen atoms in total. The van der Waals surface area contributed by atoms with Gasteiger partial charge in [0.1, 0.15) is 5.59 Å². The minimum Gasteiger partial charge on any atom is -0.398 e. The Labute approximate surface area is 169 Å². The van der Waals surface area contributed by atoms with Crippen molar-refractivity contribution in [2.45, 2.75) is 38.9 Å². The van der Waals surface area contributed by atoms with Gasteiger partial charge in [0, 0.05) is 23.9 Å². The summed E-state index contributed by atoms with van der Waals surface area (Å²) in [6.45, 7) is 8.01. The summed E-state index contributed by atoms with van der Waals surface area (Å²) in [7, 11) is -0.616. The molecule has 29 heavy (non-hydrogen) atoms. The number of benzene rings is 2. The molecular formula is C21H22BN3O4. The van der Waals surface area contributed by atoms with Crippen molar-refractivity contribution in [3.8, 4) is 16.8 Å². The van der Waals surface area contributed by atoms with Gasteiger partial charge in [0.15, 0.2) is 0 Å². The third-order valence-corrected chi connectivity index (χ3v) is 5.63. The predicted molar refractivity (Wildman–Crippen MR) is 111 cm³/mol. The van der Waals surface area contributed by atoms with Gasteiger partial charge >= 0.3 is 7.12 Å². The second kappa shape index (κ2) is 6.82. The molecule has 1 fully saturated rings. The van der Waals surface area contributed by atoms with Gasteiger partial charge in [-0.1, -0.05) is 30.3 Å². The van der Waals surface area contributed by atoms with Crippen LogP contribution in [0.15, 0.2) is 60.8 Å². The van der Waals surface area contributed by atoms with Crippen molar-refractivity contribution < 1.29 is 14.2 Å². The normalized spacial score (nSPS) is 17.4. The molecule has 8 heteroatoms. The fourth-order valence-electron chi connectivity index (χ4n) is 3.22. The Kier molecular flexibility index (Phi) is 4.55. The number of nitro benzene ring substituents is 1. The van der Waals surface area contributed by atoms with E-state index in [4.69, 9.17) is 14.4 Å². The molecule has 148 valence electrons. The Morgan fingerprint density at radius 3 is 2.10 bits per heavy atom. The average molecular weight is 391 g/mol. The molecule has 0 atom stereocenters. The molecule has 0 amide bonds. The van der Waals surface area contributed by atoms with Gasteiger partial charge in [-0.3, -0.25) is 10.1 Å². The Bertz CT molecular complexity index is 1030. The van der Waals surface area contributed by atoms with E-state index < -0.39 is 23.2 Å². The molecule has 0 radical (unpaired) electrons. The van der Waals surface area contributed by atoms with Crippen LogP contribution in [-0.4, -0.2) is 33.0 Å². The van der Waals surface area contributed by atoms with E-state index in [1.165, 1.54) is 12.1 Å². The van der Waals surface area contributed by atoms with Gasteiger partial charge in [0.25, 0.3) is 5.69 Å². The largest absolute Gasteiger partial charge is 0.517 e. The van der Waals surface area contributed by atoms with Gasteiger partial charge in [0.2, 0.25) is 0 Å². The summed E-state index contributed by atoms with van der Waals surface area (Å²) in [6.07, 6.45) is 1.90. The zero-order valence-corrected chi connectivity index (χ0v) is 16.8. The van der Waals surface area contributed by atoms with E-state index in [0.29, 0.717) is 5.59 Å². The van der Waals surface area contributed by atoms with Crippen molar-refractivity contribution in [2.75, 3.05) is 0 Å². The molecule has 2 aromatic carbocycles. The predicted octanol–water partition coefficient (Wildman–Crippen LogP) is 3.75. The van der Waals surface area contributed by atoms with Crippen LogP contribution in [0.1, 0.15) is 27.7 Å². The molecule has 4 rings (SSSR count). The Balaban J connectivity index is 1.79. The van der Waals surface area contributed by atoms with E-state index in [0.717, 1.165) is 16.8 Å². The molecule has 1 aromatic heterocycles. The summed E-state index contributed by atoms with van der Waals surface area (Å²) >= 11 is 0. The lowest BCUT2D eigenvalue weighted by molar-refractivity contribution is -0.384. The first kappa shape index (κ1) is 19.4. The monoisotopic (exact) mass is 391 g/mol. The van der Waals surface area contributed by atoms with Crippen LogP contribution >= 0.6 is 0 Å². The Morgan fingerprint density at radius 1 is 0.966 bits per heavy atom. The quantitative estimate of drug-likeness (QED) is 0.385. The van der Waals surface area contributed by atoms with E-state index in [9.17, 15) is 10.1 Å². The number of rotatable bonds is 4. The van der Waals surface area contributed by atoms with Gasteiger partial charge in [-0.2, -0.15) is 5.10 Å². The first-order chi connectivity index (χ1) is 13.7. The molecular weight excluding hydrogens is 369 g/mol. The second-order valence-corrected chi connectivity index (χ2v) is 8.10. The van der Waals surface area contributed by atoms with Crippen LogP contribution in [0.3, 0.4) is 0 Å². The molecule has 0 saturated carbocycles. The third-order valence-electron chi connectivity index (χ3n) is 5.63. The summed E-state index contributed by atoms with van der Waals surface area (Å²) in [5, 5.41) is 15.7. The van der Waals surface area contributed by atoms with Gasteiger partial charge in [-0.05, 0) is 45.4 Å². The van der Waals surface area contributed by atoms with Gasteiger partial charge in [-0.15, -0.1) is 0 Å². The summed E-state index contributed by atoms with van der Waals surface area (Å²) in [5.41, 5.74) is 2.35. The van der Waals surface area contributed by atoms with Crippen LogP contribution in [0.25, 0.3) is 16.8 Å². The average Bonchev–Trinajstić information content (AvgIpc) is 3.21. The minimum absolute atomic E-state index is 0.0374. The van der Waals surface area contributed by atoms with Gasteiger partial charge in [0.05, 0.1) is 21.8 Å². The Hall–Kier alpha value is -2.97. The maximum Gasteiger partial charge on any atom is 0.517 e. The number of nitrogens with zero attached hydrogens (tertiary/aromatic N) is 3.